The van der Waals surface area contributed by atoms with Crippen molar-refractivity contribution in [1.29, 1.82) is 0 Å². The first kappa shape index (κ1) is 14.6. The predicted molar refractivity (Wildman–Crippen MR) is 88.1 cm³/mol. The van der Waals surface area contributed by atoms with Gasteiger partial charge in [-0.3, -0.25) is 4.90 Å². The maximum atomic E-state index is 12.3. The second kappa shape index (κ2) is 3.49. The van der Waals surface area contributed by atoms with E-state index in [2.05, 4.69) is 18.4 Å². The number of hydrogen-bond acceptors (Lipinski definition) is 5. The first-order valence-corrected chi connectivity index (χ1v) is 9.96. The van der Waals surface area contributed by atoms with Crippen molar-refractivity contribution >= 4 is 0 Å². The number of allylic oxidation sites excluding steroid dienone is 1. The molecular formula is C20H27NO4. The second-order valence-electron chi connectivity index (χ2n) is 10.8. The molecule has 0 aromatic heterocycles. The van der Waals surface area contributed by atoms with Gasteiger partial charge in [0, 0.05) is 28.3 Å². The Kier molecular flexibility index (Phi) is 2.04. The maximum absolute atomic E-state index is 12.3. The van der Waals surface area contributed by atoms with E-state index in [9.17, 15) is 20.4 Å². The van der Waals surface area contributed by atoms with Crippen LogP contribution < -0.4 is 0 Å². The summed E-state index contributed by atoms with van der Waals surface area (Å²) in [5.74, 6) is 0.706. The van der Waals surface area contributed by atoms with Gasteiger partial charge in [0.05, 0.1) is 17.8 Å². The lowest BCUT2D eigenvalue weighted by Crippen LogP contribution is -2.76. The predicted octanol–water partition coefficient (Wildman–Crippen LogP) is 0.227. The topological polar surface area (TPSA) is 84.2 Å². The molecule has 13 atom stereocenters. The lowest BCUT2D eigenvalue weighted by Gasteiger charge is -2.68. The highest BCUT2D eigenvalue weighted by atomic mass is 16.3. The van der Waals surface area contributed by atoms with Gasteiger partial charge >= 0.3 is 0 Å². The molecule has 9 bridgehead atoms. The molecule has 1 unspecified atom stereocenters. The van der Waals surface area contributed by atoms with Crippen LogP contribution in [0.3, 0.4) is 0 Å². The molecule has 5 nitrogen and oxygen atoms in total. The smallest absolute Gasteiger partial charge is 0.113 e. The number of aliphatic hydroxyl groups excluding tert-OH is 3. The number of aliphatic hydroxyl groups is 4. The Morgan fingerprint density at radius 1 is 1.16 bits per heavy atom. The average molecular weight is 345 g/mol. The fourth-order valence-corrected chi connectivity index (χ4v) is 10.4. The molecule has 5 heteroatoms. The Bertz CT molecular complexity index is 756. The van der Waals surface area contributed by atoms with Gasteiger partial charge in [0.1, 0.15) is 6.23 Å². The molecule has 4 N–H and O–H groups in total. The van der Waals surface area contributed by atoms with E-state index in [1.54, 1.807) is 0 Å². The van der Waals surface area contributed by atoms with Gasteiger partial charge in [-0.15, -0.1) is 0 Å². The lowest BCUT2D eigenvalue weighted by molar-refractivity contribution is -0.298. The van der Waals surface area contributed by atoms with Gasteiger partial charge in [-0.2, -0.15) is 0 Å². The molecule has 25 heavy (non-hydrogen) atoms. The van der Waals surface area contributed by atoms with Gasteiger partial charge in [-0.05, 0) is 49.9 Å². The van der Waals surface area contributed by atoms with Crippen LogP contribution in [0.1, 0.15) is 39.0 Å². The quantitative estimate of drug-likeness (QED) is 0.472. The molecule has 0 aromatic carbocycles. The van der Waals surface area contributed by atoms with E-state index in [-0.39, 0.29) is 23.4 Å². The van der Waals surface area contributed by atoms with Crippen molar-refractivity contribution in [2.24, 2.45) is 34.0 Å². The van der Waals surface area contributed by atoms with Gasteiger partial charge in [0.2, 0.25) is 0 Å². The number of piperidine rings is 2. The average Bonchev–Trinajstić information content (AvgIpc) is 2.90. The van der Waals surface area contributed by atoms with Gasteiger partial charge in [0.25, 0.3) is 0 Å². The standard InChI is InChI=1S/C20H27NO4/c1-8-4-18-6-11-13-17(2)7-12(22)15(23)20(13)14(21(11)16(17)24)10(18)3-9(8)5-19(18,20)25/h9-16,22-25H,1,3-7H2,2H3/t9-,10+,11-,12-,13+,14+,15+,16-,17+,18-,19-,20+/m0/s1. The van der Waals surface area contributed by atoms with Gasteiger partial charge in [-0.1, -0.05) is 19.1 Å². The Balaban J connectivity index is 1.58. The van der Waals surface area contributed by atoms with Crippen molar-refractivity contribution in [3.63, 3.8) is 0 Å². The van der Waals surface area contributed by atoms with Crippen LogP contribution in [0.25, 0.3) is 0 Å². The number of hydrogen-bond donors (Lipinski definition) is 4. The van der Waals surface area contributed by atoms with E-state index in [1.807, 2.05) is 0 Å². The van der Waals surface area contributed by atoms with Crippen LogP contribution >= 0.6 is 0 Å². The Morgan fingerprint density at radius 2 is 1.92 bits per heavy atom. The van der Waals surface area contributed by atoms with E-state index < -0.39 is 34.9 Å². The summed E-state index contributed by atoms with van der Waals surface area (Å²) in [6.45, 7) is 6.39. The molecule has 6 saturated carbocycles. The normalized spacial score (nSPS) is 76.5. The molecule has 9 fully saturated rings. The minimum Gasteiger partial charge on any atom is -0.390 e. The zero-order valence-electron chi connectivity index (χ0n) is 14.6. The van der Waals surface area contributed by atoms with Crippen LogP contribution in [0.2, 0.25) is 0 Å². The van der Waals surface area contributed by atoms with E-state index in [0.29, 0.717) is 24.7 Å². The van der Waals surface area contributed by atoms with Crippen LogP contribution in [0.15, 0.2) is 12.2 Å². The van der Waals surface area contributed by atoms with Crippen molar-refractivity contribution in [1.82, 2.24) is 4.90 Å². The van der Waals surface area contributed by atoms with Crippen molar-refractivity contribution in [3.05, 3.63) is 12.2 Å². The largest absolute Gasteiger partial charge is 0.390 e. The van der Waals surface area contributed by atoms with Crippen LogP contribution in [0.4, 0.5) is 0 Å². The fourth-order valence-electron chi connectivity index (χ4n) is 10.4. The molecule has 2 spiro atoms. The summed E-state index contributed by atoms with van der Waals surface area (Å²) < 4.78 is 0. The third-order valence-corrected chi connectivity index (χ3v) is 10.6. The minimum atomic E-state index is -0.933. The van der Waals surface area contributed by atoms with Gasteiger partial charge in [-0.25, -0.2) is 0 Å². The summed E-state index contributed by atoms with van der Waals surface area (Å²) in [5, 5.41) is 45.6. The maximum Gasteiger partial charge on any atom is 0.113 e. The molecule has 9 rings (SSSR count). The zero-order chi connectivity index (χ0) is 17.3. The van der Waals surface area contributed by atoms with Crippen LogP contribution in [0.5, 0.6) is 0 Å². The van der Waals surface area contributed by atoms with Crippen molar-refractivity contribution < 1.29 is 20.4 Å². The minimum absolute atomic E-state index is 0.00683. The first-order chi connectivity index (χ1) is 11.7. The van der Waals surface area contributed by atoms with Gasteiger partial charge < -0.3 is 20.4 Å². The molecule has 9 aliphatic rings. The third kappa shape index (κ3) is 0.981. The lowest BCUT2D eigenvalue weighted by atomic mass is 9.38. The van der Waals surface area contributed by atoms with Crippen molar-refractivity contribution in [2.75, 3.05) is 0 Å². The highest BCUT2D eigenvalue weighted by Gasteiger charge is 2.95. The molecule has 6 aliphatic carbocycles. The highest BCUT2D eigenvalue weighted by Crippen LogP contribution is 2.88. The number of nitrogens with zero attached hydrogens (tertiary/aromatic N) is 1. The van der Waals surface area contributed by atoms with Crippen molar-refractivity contribution in [2.45, 2.75) is 75.1 Å². The SMILES string of the molecule is C=C1C[C@]23C[C@H]4[C@@H]5[C@@]6(C)C[C@H](O)[C@@H](O)[C@]57[C@@H]([C@H]2C[C@H]1C[C@]37O)N4[C@H]6O. The molecule has 3 saturated heterocycles. The molecule has 136 valence electrons. The Morgan fingerprint density at radius 3 is 2.68 bits per heavy atom. The van der Waals surface area contributed by atoms with E-state index >= 15 is 0 Å². The summed E-state index contributed by atoms with van der Waals surface area (Å²) in [5.41, 5.74) is -0.982. The summed E-state index contributed by atoms with van der Waals surface area (Å²) in [7, 11) is 0. The monoisotopic (exact) mass is 345 g/mol. The van der Waals surface area contributed by atoms with E-state index in [0.717, 1.165) is 19.3 Å². The van der Waals surface area contributed by atoms with E-state index in [1.165, 1.54) is 5.57 Å². The van der Waals surface area contributed by atoms with E-state index in [4.69, 9.17) is 0 Å². The van der Waals surface area contributed by atoms with Crippen LogP contribution in [0, 0.1) is 34.0 Å². The molecule has 0 radical (unpaired) electrons. The third-order valence-electron chi connectivity index (χ3n) is 10.6. The Hall–Kier alpha value is -0.460. The molecule has 0 amide bonds. The fraction of sp³-hybridized carbons (Fsp3) is 0.900. The summed E-state index contributed by atoms with van der Waals surface area (Å²) in [4.78, 5) is 2.27. The zero-order valence-corrected chi connectivity index (χ0v) is 14.6. The number of fused-ring (bicyclic) bond motifs is 1. The molecular weight excluding hydrogens is 318 g/mol. The second-order valence-corrected chi connectivity index (χ2v) is 10.8. The highest BCUT2D eigenvalue weighted by molar-refractivity contribution is 5.47. The van der Waals surface area contributed by atoms with Crippen LogP contribution in [-0.2, 0) is 0 Å². The van der Waals surface area contributed by atoms with Crippen LogP contribution in [-0.4, -0.2) is 61.4 Å². The Labute approximate surface area is 147 Å². The molecule has 0 aromatic rings. The van der Waals surface area contributed by atoms with Crippen molar-refractivity contribution in [3.8, 4) is 0 Å². The van der Waals surface area contributed by atoms with Gasteiger partial charge in [0.15, 0.2) is 0 Å². The molecule has 3 heterocycles. The summed E-state index contributed by atoms with van der Waals surface area (Å²) in [6, 6.07) is 0.235. The molecule has 3 aliphatic heterocycles. The number of rotatable bonds is 0. The summed E-state index contributed by atoms with van der Waals surface area (Å²) in [6.07, 6.45) is 1.59. The summed E-state index contributed by atoms with van der Waals surface area (Å²) >= 11 is 0. The first-order valence-electron chi connectivity index (χ1n) is 9.96.